The van der Waals surface area contributed by atoms with Crippen molar-refractivity contribution in [3.63, 3.8) is 0 Å². The van der Waals surface area contributed by atoms with Gasteiger partial charge in [0.25, 0.3) is 0 Å². The van der Waals surface area contributed by atoms with Crippen molar-refractivity contribution < 1.29 is 4.39 Å². The molecule has 4 heteroatoms. The standard InChI is InChI=1S/C18H13FN2S/c19-17-10-16(21-12-22)11-20-18(17)8-7-13-1-3-14(4-2-13)9-15-5-6-15/h1-4,10-11,15H,5-6,9H2. The molecule has 1 fully saturated rings. The number of aromatic nitrogens is 1. The maximum Gasteiger partial charge on any atom is 0.159 e. The quantitative estimate of drug-likeness (QED) is 0.480. The monoisotopic (exact) mass is 308 g/mol. The predicted molar refractivity (Wildman–Crippen MR) is 87.7 cm³/mol. The van der Waals surface area contributed by atoms with Gasteiger partial charge in [0.15, 0.2) is 5.82 Å². The number of nitrogens with zero attached hydrogens (tertiary/aromatic N) is 2. The van der Waals surface area contributed by atoms with Crippen LogP contribution in [0.1, 0.15) is 29.7 Å². The smallest absolute Gasteiger partial charge is 0.159 e. The van der Waals surface area contributed by atoms with E-state index in [9.17, 15) is 4.39 Å². The Bertz CT molecular complexity index is 792. The summed E-state index contributed by atoms with van der Waals surface area (Å²) in [4.78, 5) is 7.63. The molecule has 3 rings (SSSR count). The zero-order valence-corrected chi connectivity index (χ0v) is 12.7. The second-order valence-corrected chi connectivity index (χ2v) is 5.50. The van der Waals surface area contributed by atoms with Crippen molar-refractivity contribution in [3.05, 3.63) is 59.2 Å². The van der Waals surface area contributed by atoms with Crippen LogP contribution < -0.4 is 0 Å². The Morgan fingerprint density at radius 1 is 1.23 bits per heavy atom. The van der Waals surface area contributed by atoms with Gasteiger partial charge in [0.2, 0.25) is 0 Å². The van der Waals surface area contributed by atoms with Crippen LogP contribution in [0.4, 0.5) is 10.1 Å². The number of aliphatic imine (C=N–C) groups is 1. The third-order valence-electron chi connectivity index (χ3n) is 3.50. The van der Waals surface area contributed by atoms with Gasteiger partial charge in [-0.2, -0.15) is 4.99 Å². The summed E-state index contributed by atoms with van der Waals surface area (Å²) in [6.45, 7) is 0. The van der Waals surface area contributed by atoms with Gasteiger partial charge < -0.3 is 0 Å². The van der Waals surface area contributed by atoms with E-state index in [1.54, 1.807) is 0 Å². The van der Waals surface area contributed by atoms with Crippen LogP contribution in [0.15, 0.2) is 41.5 Å². The van der Waals surface area contributed by atoms with Gasteiger partial charge in [-0.05, 0) is 61.0 Å². The molecule has 108 valence electrons. The largest absolute Gasteiger partial charge is 0.242 e. The SMILES string of the molecule is Fc1cc(N=C=S)cnc1C#Cc1ccc(CC2CC2)cc1. The van der Waals surface area contributed by atoms with Crippen LogP contribution in [-0.2, 0) is 6.42 Å². The van der Waals surface area contributed by atoms with E-state index in [-0.39, 0.29) is 5.69 Å². The first-order valence-corrected chi connectivity index (χ1v) is 7.50. The molecule has 0 spiro atoms. The lowest BCUT2D eigenvalue weighted by Crippen LogP contribution is -1.89. The fourth-order valence-electron chi connectivity index (χ4n) is 2.14. The van der Waals surface area contributed by atoms with Crippen molar-refractivity contribution in [2.75, 3.05) is 0 Å². The second-order valence-electron chi connectivity index (χ2n) is 5.32. The van der Waals surface area contributed by atoms with E-state index in [1.807, 2.05) is 12.1 Å². The zero-order chi connectivity index (χ0) is 15.4. The molecule has 0 aliphatic heterocycles. The molecule has 1 aromatic heterocycles. The average Bonchev–Trinajstić information content (AvgIpc) is 3.32. The molecule has 2 nitrogen and oxygen atoms in total. The lowest BCUT2D eigenvalue weighted by Gasteiger charge is -1.99. The Labute approximate surface area is 134 Å². The topological polar surface area (TPSA) is 25.2 Å². The molecule has 1 aliphatic carbocycles. The van der Waals surface area contributed by atoms with Crippen LogP contribution in [0.25, 0.3) is 0 Å². The van der Waals surface area contributed by atoms with Gasteiger partial charge in [0, 0.05) is 11.6 Å². The average molecular weight is 308 g/mol. The van der Waals surface area contributed by atoms with Gasteiger partial charge in [-0.15, -0.1) is 0 Å². The molecule has 1 aliphatic rings. The van der Waals surface area contributed by atoms with Gasteiger partial charge in [-0.1, -0.05) is 18.1 Å². The highest BCUT2D eigenvalue weighted by Gasteiger charge is 2.21. The van der Waals surface area contributed by atoms with E-state index >= 15 is 0 Å². The molecule has 0 bridgehead atoms. The minimum Gasteiger partial charge on any atom is -0.242 e. The summed E-state index contributed by atoms with van der Waals surface area (Å²) in [7, 11) is 0. The van der Waals surface area contributed by atoms with Crippen LogP contribution in [0, 0.1) is 23.6 Å². The maximum absolute atomic E-state index is 13.8. The molecule has 0 N–H and O–H groups in total. The summed E-state index contributed by atoms with van der Waals surface area (Å²) in [6.07, 6.45) is 5.25. The number of isothiocyanates is 1. The van der Waals surface area contributed by atoms with Gasteiger partial charge in [-0.3, -0.25) is 0 Å². The Balaban J connectivity index is 1.75. The van der Waals surface area contributed by atoms with Crippen LogP contribution in [-0.4, -0.2) is 10.1 Å². The molecule has 2 aromatic rings. The van der Waals surface area contributed by atoms with E-state index in [2.05, 4.69) is 51.3 Å². The van der Waals surface area contributed by atoms with E-state index in [4.69, 9.17) is 0 Å². The van der Waals surface area contributed by atoms with Crippen molar-refractivity contribution in [2.24, 2.45) is 10.9 Å². The predicted octanol–water partition coefficient (Wildman–Crippen LogP) is 4.31. The summed E-state index contributed by atoms with van der Waals surface area (Å²) < 4.78 is 13.8. The molecule has 1 aromatic carbocycles. The molecule has 0 unspecified atom stereocenters. The fraction of sp³-hybridized carbons (Fsp3) is 0.222. The van der Waals surface area contributed by atoms with Crippen LogP contribution >= 0.6 is 12.2 Å². The number of thiocarbonyl (C=S) groups is 1. The summed E-state index contributed by atoms with van der Waals surface area (Å²) in [6, 6.07) is 9.35. The Hall–Kier alpha value is -2.34. The van der Waals surface area contributed by atoms with Crippen molar-refractivity contribution >= 4 is 23.1 Å². The lowest BCUT2D eigenvalue weighted by molar-refractivity contribution is 0.617. The van der Waals surface area contributed by atoms with E-state index < -0.39 is 5.82 Å². The van der Waals surface area contributed by atoms with Crippen LogP contribution in [0.3, 0.4) is 0 Å². The van der Waals surface area contributed by atoms with E-state index in [0.29, 0.717) is 5.69 Å². The minimum atomic E-state index is -0.510. The third-order valence-corrected chi connectivity index (χ3v) is 3.59. The highest BCUT2D eigenvalue weighted by Crippen LogP contribution is 2.32. The van der Waals surface area contributed by atoms with Crippen molar-refractivity contribution in [3.8, 4) is 11.8 Å². The lowest BCUT2D eigenvalue weighted by atomic mass is 10.1. The summed E-state index contributed by atoms with van der Waals surface area (Å²) in [5.74, 6) is 6.03. The number of rotatable bonds is 3. The summed E-state index contributed by atoms with van der Waals surface area (Å²) >= 11 is 4.47. The minimum absolute atomic E-state index is 0.102. The number of halogens is 1. The van der Waals surface area contributed by atoms with Crippen LogP contribution in [0.5, 0.6) is 0 Å². The Kier molecular flexibility index (Phi) is 4.39. The van der Waals surface area contributed by atoms with Gasteiger partial charge in [-0.25, -0.2) is 9.37 Å². The second kappa shape index (κ2) is 6.62. The van der Waals surface area contributed by atoms with Gasteiger partial charge >= 0.3 is 0 Å². The summed E-state index contributed by atoms with van der Waals surface area (Å²) in [5.41, 5.74) is 2.62. The highest BCUT2D eigenvalue weighted by molar-refractivity contribution is 7.78. The summed E-state index contributed by atoms with van der Waals surface area (Å²) in [5, 5.41) is 2.18. The molecule has 0 radical (unpaired) electrons. The first-order valence-electron chi connectivity index (χ1n) is 7.09. The molecule has 1 saturated carbocycles. The molecular formula is C18H13FN2S. The Morgan fingerprint density at radius 3 is 2.64 bits per heavy atom. The molecule has 0 amide bonds. The van der Waals surface area contributed by atoms with Gasteiger partial charge in [0.1, 0.15) is 5.69 Å². The zero-order valence-electron chi connectivity index (χ0n) is 11.8. The van der Waals surface area contributed by atoms with Gasteiger partial charge in [0.05, 0.1) is 17.0 Å². The molecule has 1 heterocycles. The number of benzene rings is 1. The molecule has 0 atom stereocenters. The van der Waals surface area contributed by atoms with Crippen molar-refractivity contribution in [2.45, 2.75) is 19.3 Å². The van der Waals surface area contributed by atoms with Crippen molar-refractivity contribution in [1.29, 1.82) is 0 Å². The first-order chi connectivity index (χ1) is 10.7. The third kappa shape index (κ3) is 3.85. The van der Waals surface area contributed by atoms with E-state index in [1.165, 1.54) is 30.7 Å². The number of hydrogen-bond donors (Lipinski definition) is 0. The highest BCUT2D eigenvalue weighted by atomic mass is 32.1. The number of hydrogen-bond acceptors (Lipinski definition) is 3. The van der Waals surface area contributed by atoms with Crippen LogP contribution in [0.2, 0.25) is 0 Å². The van der Waals surface area contributed by atoms with Crippen molar-refractivity contribution in [1.82, 2.24) is 4.98 Å². The normalized spacial score (nSPS) is 13.0. The molecule has 22 heavy (non-hydrogen) atoms. The maximum atomic E-state index is 13.8. The first kappa shape index (κ1) is 14.6. The Morgan fingerprint density at radius 2 is 2.00 bits per heavy atom. The molecular weight excluding hydrogens is 295 g/mol. The number of pyridine rings is 1. The van der Waals surface area contributed by atoms with E-state index in [0.717, 1.165) is 17.9 Å². The fourth-order valence-corrected chi connectivity index (χ4v) is 2.25. The molecule has 0 saturated heterocycles.